The lowest BCUT2D eigenvalue weighted by atomic mass is 10.0. The summed E-state index contributed by atoms with van der Waals surface area (Å²) in [4.78, 5) is 36.4. The van der Waals surface area contributed by atoms with Gasteiger partial charge in [0.15, 0.2) is 5.78 Å². The largest absolute Gasteiger partial charge is 0.464 e. The van der Waals surface area contributed by atoms with Crippen LogP contribution in [0.15, 0.2) is 56.3 Å². The molecule has 2 heterocycles. The van der Waals surface area contributed by atoms with Crippen LogP contribution < -0.4 is 10.9 Å². The fourth-order valence-corrected chi connectivity index (χ4v) is 3.60. The van der Waals surface area contributed by atoms with Crippen LogP contribution in [0.5, 0.6) is 0 Å². The van der Waals surface area contributed by atoms with Crippen LogP contribution in [0.2, 0.25) is 0 Å². The molecule has 6 heteroatoms. The fraction of sp³-hybridized carbons (Fsp3) is 0.208. The molecule has 0 saturated heterocycles. The van der Waals surface area contributed by atoms with E-state index in [0.29, 0.717) is 28.0 Å². The van der Waals surface area contributed by atoms with Crippen molar-refractivity contribution in [3.05, 3.63) is 75.3 Å². The lowest BCUT2D eigenvalue weighted by molar-refractivity contribution is -0.116. The zero-order chi connectivity index (χ0) is 21.4. The van der Waals surface area contributed by atoms with E-state index in [1.165, 1.54) is 6.92 Å². The second-order valence-electron chi connectivity index (χ2n) is 7.44. The second-order valence-corrected chi connectivity index (χ2v) is 7.44. The number of benzene rings is 2. The van der Waals surface area contributed by atoms with E-state index in [9.17, 15) is 14.4 Å². The van der Waals surface area contributed by atoms with E-state index in [4.69, 9.17) is 8.83 Å². The molecule has 0 atom stereocenters. The highest BCUT2D eigenvalue weighted by Gasteiger charge is 2.15. The van der Waals surface area contributed by atoms with Gasteiger partial charge in [0.25, 0.3) is 0 Å². The van der Waals surface area contributed by atoms with Gasteiger partial charge in [0, 0.05) is 40.1 Å². The number of fused-ring (bicyclic) bond motifs is 2. The zero-order valence-corrected chi connectivity index (χ0v) is 17.0. The van der Waals surface area contributed by atoms with Gasteiger partial charge in [-0.05, 0) is 56.5 Å². The summed E-state index contributed by atoms with van der Waals surface area (Å²) in [5, 5.41) is 4.57. The minimum absolute atomic E-state index is 0.0718. The third-order valence-electron chi connectivity index (χ3n) is 5.33. The van der Waals surface area contributed by atoms with Crippen LogP contribution in [0.4, 0.5) is 5.69 Å². The third kappa shape index (κ3) is 3.64. The molecule has 0 fully saturated rings. The summed E-state index contributed by atoms with van der Waals surface area (Å²) < 4.78 is 11.0. The first-order valence-electron chi connectivity index (χ1n) is 9.68. The second kappa shape index (κ2) is 7.63. The Kier molecular flexibility index (Phi) is 4.99. The summed E-state index contributed by atoms with van der Waals surface area (Å²) in [5.74, 6) is -0.312. The van der Waals surface area contributed by atoms with Crippen molar-refractivity contribution < 1.29 is 18.4 Å². The number of Topliss-reactive ketones (excluding diaryl/α,β-unsaturated/α-hetero) is 1. The van der Waals surface area contributed by atoms with Gasteiger partial charge in [-0.25, -0.2) is 4.79 Å². The molecule has 6 nitrogen and oxygen atoms in total. The Morgan fingerprint density at radius 2 is 1.83 bits per heavy atom. The van der Waals surface area contributed by atoms with Gasteiger partial charge in [-0.15, -0.1) is 0 Å². The topological polar surface area (TPSA) is 89.5 Å². The number of carbonyl (C=O) groups excluding carboxylic acids is 2. The molecule has 1 N–H and O–H groups in total. The molecule has 152 valence electrons. The monoisotopic (exact) mass is 403 g/mol. The van der Waals surface area contributed by atoms with Crippen molar-refractivity contribution in [1.29, 1.82) is 0 Å². The first-order valence-corrected chi connectivity index (χ1v) is 9.68. The summed E-state index contributed by atoms with van der Waals surface area (Å²) in [6.45, 7) is 5.30. The Morgan fingerprint density at radius 1 is 1.03 bits per heavy atom. The smallest absolute Gasteiger partial charge is 0.339 e. The molecule has 2 aromatic heterocycles. The highest BCUT2D eigenvalue weighted by atomic mass is 16.4. The van der Waals surface area contributed by atoms with Crippen LogP contribution in [0, 0.1) is 13.8 Å². The van der Waals surface area contributed by atoms with Crippen molar-refractivity contribution in [1.82, 2.24) is 0 Å². The van der Waals surface area contributed by atoms with Crippen molar-refractivity contribution in [3.63, 3.8) is 0 Å². The number of aryl methyl sites for hydroxylation is 2. The molecule has 30 heavy (non-hydrogen) atoms. The minimum Gasteiger partial charge on any atom is -0.464 e. The van der Waals surface area contributed by atoms with Crippen LogP contribution in [0.25, 0.3) is 21.9 Å². The predicted octanol–water partition coefficient (Wildman–Crippen LogP) is 4.93. The first kappa shape index (κ1) is 19.6. The number of hydrogen-bond donors (Lipinski definition) is 1. The van der Waals surface area contributed by atoms with E-state index in [-0.39, 0.29) is 24.5 Å². The number of anilines is 1. The summed E-state index contributed by atoms with van der Waals surface area (Å²) in [7, 11) is 0. The highest BCUT2D eigenvalue weighted by molar-refractivity contribution is 5.98. The molecule has 0 aliphatic carbocycles. The highest BCUT2D eigenvalue weighted by Crippen LogP contribution is 2.29. The molecule has 0 saturated carbocycles. The molecule has 0 aliphatic rings. The van der Waals surface area contributed by atoms with E-state index in [1.807, 2.05) is 19.9 Å². The van der Waals surface area contributed by atoms with Crippen LogP contribution in [-0.2, 0) is 11.2 Å². The average Bonchev–Trinajstić information content (AvgIpc) is 3.06. The summed E-state index contributed by atoms with van der Waals surface area (Å²) >= 11 is 0. The molecule has 2 aromatic carbocycles. The van der Waals surface area contributed by atoms with Gasteiger partial charge in [-0.1, -0.05) is 12.1 Å². The number of carbonyl (C=O) groups is 2. The number of rotatable bonds is 5. The maximum Gasteiger partial charge on any atom is 0.339 e. The molecule has 0 spiro atoms. The molecule has 1 amide bonds. The number of amides is 1. The molecule has 4 aromatic rings. The average molecular weight is 403 g/mol. The van der Waals surface area contributed by atoms with Crippen LogP contribution in [0.3, 0.4) is 0 Å². The summed E-state index contributed by atoms with van der Waals surface area (Å²) in [6, 6.07) is 10.4. The Balaban J connectivity index is 1.57. The lowest BCUT2D eigenvalue weighted by Gasteiger charge is -2.09. The molecular weight excluding hydrogens is 382 g/mol. The van der Waals surface area contributed by atoms with E-state index >= 15 is 0 Å². The van der Waals surface area contributed by atoms with E-state index in [0.717, 1.165) is 21.9 Å². The number of hydrogen-bond acceptors (Lipinski definition) is 5. The Labute approximate surface area is 172 Å². The first-order chi connectivity index (χ1) is 14.3. The quantitative estimate of drug-likeness (QED) is 0.377. The molecule has 0 radical (unpaired) electrons. The predicted molar refractivity (Wildman–Crippen MR) is 115 cm³/mol. The van der Waals surface area contributed by atoms with Crippen molar-refractivity contribution in [2.24, 2.45) is 0 Å². The zero-order valence-electron chi connectivity index (χ0n) is 17.0. The van der Waals surface area contributed by atoms with Gasteiger partial charge in [-0.3, -0.25) is 9.59 Å². The molecule has 4 rings (SSSR count). The minimum atomic E-state index is -0.450. The lowest BCUT2D eigenvalue weighted by Crippen LogP contribution is -2.16. The molecule has 0 aliphatic heterocycles. The van der Waals surface area contributed by atoms with Crippen LogP contribution in [0.1, 0.15) is 40.4 Å². The normalized spacial score (nSPS) is 11.2. The number of nitrogens with one attached hydrogen (secondary N) is 1. The van der Waals surface area contributed by atoms with Gasteiger partial charge in [0.2, 0.25) is 5.91 Å². The van der Waals surface area contributed by atoms with Gasteiger partial charge in [0.1, 0.15) is 11.2 Å². The summed E-state index contributed by atoms with van der Waals surface area (Å²) in [5.41, 5.74) is 4.05. The van der Waals surface area contributed by atoms with Crippen LogP contribution in [-0.4, -0.2) is 11.7 Å². The third-order valence-corrected chi connectivity index (χ3v) is 5.33. The SMILES string of the molecule is CC(=O)c1cccc(NC(=O)CCc2c(C)c3cc4c(C)coc4cc3oc2=O)c1. The van der Waals surface area contributed by atoms with Gasteiger partial charge in [0.05, 0.1) is 6.26 Å². The molecular formula is C24H21NO5. The van der Waals surface area contributed by atoms with E-state index in [2.05, 4.69) is 5.32 Å². The van der Waals surface area contributed by atoms with E-state index in [1.54, 1.807) is 36.6 Å². The van der Waals surface area contributed by atoms with E-state index < -0.39 is 5.63 Å². The van der Waals surface area contributed by atoms with Crippen molar-refractivity contribution in [3.8, 4) is 0 Å². The maximum atomic E-state index is 12.5. The van der Waals surface area contributed by atoms with Crippen LogP contribution >= 0.6 is 0 Å². The van der Waals surface area contributed by atoms with Gasteiger partial charge < -0.3 is 14.2 Å². The number of ketones is 1. The number of furan rings is 1. The standard InChI is InChI=1S/C24H21NO5/c1-13-12-29-21-11-22-20(10-19(13)21)14(2)18(24(28)30-22)7-8-23(27)25-17-6-4-5-16(9-17)15(3)26/h4-6,9-12H,7-8H2,1-3H3,(H,25,27). The molecule has 0 unspecified atom stereocenters. The van der Waals surface area contributed by atoms with Gasteiger partial charge >= 0.3 is 5.63 Å². The Morgan fingerprint density at radius 3 is 2.60 bits per heavy atom. The van der Waals surface area contributed by atoms with Crippen molar-refractivity contribution in [2.45, 2.75) is 33.6 Å². The van der Waals surface area contributed by atoms with Gasteiger partial charge in [-0.2, -0.15) is 0 Å². The van der Waals surface area contributed by atoms with Crippen molar-refractivity contribution in [2.75, 3.05) is 5.32 Å². The fourth-order valence-electron chi connectivity index (χ4n) is 3.60. The Bertz CT molecular complexity index is 1360. The maximum absolute atomic E-state index is 12.5. The summed E-state index contributed by atoms with van der Waals surface area (Å²) in [6.07, 6.45) is 2.04. The Hall–Kier alpha value is -3.67. The molecule has 0 bridgehead atoms. The van der Waals surface area contributed by atoms with Crippen molar-refractivity contribution >= 4 is 39.3 Å².